The maximum absolute atomic E-state index is 13.7. The number of nitrogens with zero attached hydrogens (tertiary/aromatic N) is 2. The Balaban J connectivity index is 1.29. The molecule has 1 aromatic heterocycles. The molecule has 3 N–H and O–H groups in total. The predicted molar refractivity (Wildman–Crippen MR) is 210 cm³/mol. The van der Waals surface area contributed by atoms with E-state index in [1.807, 2.05) is 26.8 Å². The molecule has 0 spiro atoms. The van der Waals surface area contributed by atoms with E-state index in [9.17, 15) is 24.4 Å². The van der Waals surface area contributed by atoms with Crippen molar-refractivity contribution in [1.82, 2.24) is 10.2 Å². The van der Waals surface area contributed by atoms with Gasteiger partial charge in [0, 0.05) is 39.2 Å². The number of hydrogen-bond acceptors (Lipinski definition) is 10. The smallest absolute Gasteiger partial charge is 0.410 e. The number of nitriles is 1. The third-order valence-electron chi connectivity index (χ3n) is 8.10. The molecule has 0 saturated heterocycles. The Hall–Kier alpha value is -5.78. The van der Waals surface area contributed by atoms with Gasteiger partial charge in [0.15, 0.2) is 0 Å². The fourth-order valence-electron chi connectivity index (χ4n) is 5.44. The van der Waals surface area contributed by atoms with Gasteiger partial charge in [0.05, 0.1) is 31.6 Å². The molecule has 280 valence electrons. The number of fused-ring (bicyclic) bond motifs is 1. The largest absolute Gasteiger partial charge is 0.497 e. The number of nitrogens with one attached hydrogen (secondary N) is 3. The third kappa shape index (κ3) is 10.00. The van der Waals surface area contributed by atoms with Crippen LogP contribution in [0.4, 0.5) is 15.5 Å². The highest BCUT2D eigenvalue weighted by molar-refractivity contribution is 8.00. The fraction of sp³-hybridized carbons (Fsp3) is 0.275. The zero-order valence-electron chi connectivity index (χ0n) is 30.8. The highest BCUT2D eigenvalue weighted by atomic mass is 32.2. The maximum Gasteiger partial charge on any atom is 0.410 e. The van der Waals surface area contributed by atoms with Crippen LogP contribution in [0.1, 0.15) is 59.6 Å². The zero-order valence-corrected chi connectivity index (χ0v) is 32.4. The summed E-state index contributed by atoms with van der Waals surface area (Å²) >= 11 is 2.56. The van der Waals surface area contributed by atoms with Crippen molar-refractivity contribution in [3.63, 3.8) is 0 Å². The molecule has 2 heterocycles. The quantitative estimate of drug-likeness (QED) is 0.104. The van der Waals surface area contributed by atoms with Crippen LogP contribution >= 0.6 is 23.1 Å². The van der Waals surface area contributed by atoms with E-state index in [1.165, 1.54) is 43.4 Å². The summed E-state index contributed by atoms with van der Waals surface area (Å²) < 4.78 is 16.3. The SMILES string of the molecule is COc1ccc(/C=C(/NC(=O)c2ccccc2)C(=O)Nc2cccc(SC(C)C(=O)Nc3sc4c(c3C#N)CCN(C(=O)OC(C)(C)C)C4)c2)c(OC)c1. The first-order chi connectivity index (χ1) is 25.8. The Bertz CT molecular complexity index is 2120. The van der Waals surface area contributed by atoms with Crippen LogP contribution in [0.15, 0.2) is 83.4 Å². The molecule has 0 saturated carbocycles. The van der Waals surface area contributed by atoms with Crippen molar-refractivity contribution in [1.29, 1.82) is 5.26 Å². The molecule has 3 aromatic carbocycles. The summed E-state index contributed by atoms with van der Waals surface area (Å²) in [5.74, 6) is -0.365. The van der Waals surface area contributed by atoms with Crippen LogP contribution in [0.3, 0.4) is 0 Å². The Morgan fingerprint density at radius 2 is 1.74 bits per heavy atom. The molecule has 14 heteroatoms. The van der Waals surface area contributed by atoms with Crippen LogP contribution in [0, 0.1) is 11.3 Å². The van der Waals surface area contributed by atoms with Crippen LogP contribution in [0.5, 0.6) is 11.5 Å². The summed E-state index contributed by atoms with van der Waals surface area (Å²) in [4.78, 5) is 56.1. The molecule has 0 aliphatic carbocycles. The van der Waals surface area contributed by atoms with Gasteiger partial charge >= 0.3 is 6.09 Å². The lowest BCUT2D eigenvalue weighted by Gasteiger charge is -2.29. The summed E-state index contributed by atoms with van der Waals surface area (Å²) in [5, 5.41) is 18.3. The predicted octanol–water partition coefficient (Wildman–Crippen LogP) is 7.46. The zero-order chi connectivity index (χ0) is 39.0. The Morgan fingerprint density at radius 3 is 2.43 bits per heavy atom. The standard InChI is InChI=1S/C40H41N5O7S2/c1-24(35(46)44-38-31(22-41)30-17-18-45(23-34(30)54-38)39(49)52-40(2,3)4)53-29-14-10-13-27(20-29)42-37(48)32(43-36(47)25-11-8-7-9-12-25)19-26-15-16-28(50-5)21-33(26)51-6/h7-16,19-21,24H,17-18,23H2,1-6H3,(H,42,48)(H,43,47)(H,44,46)/b32-19+. The summed E-state index contributed by atoms with van der Waals surface area (Å²) in [7, 11) is 3.03. The first-order valence-corrected chi connectivity index (χ1v) is 18.7. The number of benzene rings is 3. The van der Waals surface area contributed by atoms with Gasteiger partial charge in [-0.15, -0.1) is 23.1 Å². The second-order valence-electron chi connectivity index (χ2n) is 13.2. The van der Waals surface area contributed by atoms with Crippen LogP contribution in [-0.4, -0.2) is 60.3 Å². The average molecular weight is 768 g/mol. The number of amides is 4. The summed E-state index contributed by atoms with van der Waals surface area (Å²) in [6.07, 6.45) is 1.58. The second kappa shape index (κ2) is 17.4. The third-order valence-corrected chi connectivity index (χ3v) is 10.3. The molecular formula is C40H41N5O7S2. The molecule has 1 atom stereocenters. The van der Waals surface area contributed by atoms with Crippen molar-refractivity contribution >= 4 is 63.7 Å². The lowest BCUT2D eigenvalue weighted by Crippen LogP contribution is -2.39. The minimum absolute atomic E-state index is 0.0284. The number of thiophene rings is 1. The first-order valence-electron chi connectivity index (χ1n) is 17.0. The first kappa shape index (κ1) is 39.4. The maximum atomic E-state index is 13.7. The molecule has 0 fully saturated rings. The van der Waals surface area contributed by atoms with Gasteiger partial charge < -0.3 is 35.1 Å². The van der Waals surface area contributed by atoms with Crippen molar-refractivity contribution in [2.75, 3.05) is 31.4 Å². The molecule has 5 rings (SSSR count). The monoisotopic (exact) mass is 767 g/mol. The molecule has 12 nitrogen and oxygen atoms in total. The number of methoxy groups -OCH3 is 2. The average Bonchev–Trinajstić information content (AvgIpc) is 3.50. The topological polar surface area (TPSA) is 159 Å². The molecule has 1 aliphatic heterocycles. The molecule has 1 aliphatic rings. The summed E-state index contributed by atoms with van der Waals surface area (Å²) in [6, 6.07) is 22.9. The molecule has 0 bridgehead atoms. The highest BCUT2D eigenvalue weighted by Crippen LogP contribution is 2.38. The lowest BCUT2D eigenvalue weighted by atomic mass is 10.0. The normalized spacial score (nSPS) is 13.1. The molecule has 0 radical (unpaired) electrons. The molecule has 1 unspecified atom stereocenters. The van der Waals surface area contributed by atoms with Gasteiger partial charge in [0.1, 0.15) is 33.9 Å². The summed E-state index contributed by atoms with van der Waals surface area (Å²) in [5.41, 5.74) is 1.92. The van der Waals surface area contributed by atoms with E-state index in [0.29, 0.717) is 63.3 Å². The van der Waals surface area contributed by atoms with E-state index < -0.39 is 28.8 Å². The van der Waals surface area contributed by atoms with Crippen LogP contribution < -0.4 is 25.4 Å². The molecular weight excluding hydrogens is 727 g/mol. The van der Waals surface area contributed by atoms with E-state index in [4.69, 9.17) is 14.2 Å². The van der Waals surface area contributed by atoms with Gasteiger partial charge in [0.25, 0.3) is 11.8 Å². The van der Waals surface area contributed by atoms with Crippen molar-refractivity contribution in [3.8, 4) is 17.6 Å². The minimum atomic E-state index is -0.630. The number of thioether (sulfide) groups is 1. The van der Waals surface area contributed by atoms with Gasteiger partial charge in [-0.25, -0.2) is 4.79 Å². The Kier molecular flexibility index (Phi) is 12.7. The second-order valence-corrected chi connectivity index (χ2v) is 15.7. The number of carbonyl (C=O) groups excluding carboxylic acids is 4. The van der Waals surface area contributed by atoms with Gasteiger partial charge in [0.2, 0.25) is 5.91 Å². The van der Waals surface area contributed by atoms with Crippen molar-refractivity contribution in [3.05, 3.63) is 106 Å². The van der Waals surface area contributed by atoms with E-state index in [2.05, 4.69) is 22.0 Å². The number of hydrogen-bond donors (Lipinski definition) is 3. The number of anilines is 2. The number of ether oxygens (including phenoxy) is 3. The van der Waals surface area contributed by atoms with Crippen LogP contribution in [0.2, 0.25) is 0 Å². The Labute approximate surface area is 322 Å². The van der Waals surface area contributed by atoms with Gasteiger partial charge in [-0.1, -0.05) is 24.3 Å². The van der Waals surface area contributed by atoms with E-state index in [-0.39, 0.29) is 11.6 Å². The Morgan fingerprint density at radius 1 is 0.981 bits per heavy atom. The van der Waals surface area contributed by atoms with Gasteiger partial charge in [-0.3, -0.25) is 14.4 Å². The van der Waals surface area contributed by atoms with E-state index in [1.54, 1.807) is 78.6 Å². The molecule has 4 amide bonds. The highest BCUT2D eigenvalue weighted by Gasteiger charge is 2.30. The van der Waals surface area contributed by atoms with Gasteiger partial charge in [-0.05, 0) is 88.2 Å². The van der Waals surface area contributed by atoms with Crippen molar-refractivity contribution in [2.24, 2.45) is 0 Å². The van der Waals surface area contributed by atoms with Crippen LogP contribution in [0.25, 0.3) is 6.08 Å². The van der Waals surface area contributed by atoms with Crippen molar-refractivity contribution in [2.45, 2.75) is 56.4 Å². The fourth-order valence-corrected chi connectivity index (χ4v) is 7.59. The van der Waals surface area contributed by atoms with E-state index in [0.717, 1.165) is 10.4 Å². The van der Waals surface area contributed by atoms with Crippen LogP contribution in [-0.2, 0) is 27.3 Å². The minimum Gasteiger partial charge on any atom is -0.497 e. The number of rotatable bonds is 11. The molecule has 54 heavy (non-hydrogen) atoms. The number of carbonyl (C=O) groups is 4. The molecule has 4 aromatic rings. The summed E-state index contributed by atoms with van der Waals surface area (Å²) in [6.45, 7) is 7.88. The van der Waals surface area contributed by atoms with E-state index >= 15 is 0 Å². The lowest BCUT2D eigenvalue weighted by molar-refractivity contribution is -0.115. The van der Waals surface area contributed by atoms with Crippen molar-refractivity contribution < 1.29 is 33.4 Å². The van der Waals surface area contributed by atoms with Gasteiger partial charge in [-0.2, -0.15) is 5.26 Å².